The van der Waals surface area contributed by atoms with E-state index in [2.05, 4.69) is 41.0 Å². The molecule has 0 spiro atoms. The molecular weight excluding hydrogens is 713 g/mol. The zero-order chi connectivity index (χ0) is 40.8. The number of anilines is 1. The van der Waals surface area contributed by atoms with Crippen LogP contribution < -0.4 is 10.6 Å². The second-order valence-corrected chi connectivity index (χ2v) is 15.6. The molecule has 4 aliphatic rings. The summed E-state index contributed by atoms with van der Waals surface area (Å²) in [4.78, 5) is 23.6. The summed E-state index contributed by atoms with van der Waals surface area (Å²) in [7, 11) is 0. The molecule has 0 radical (unpaired) electrons. The van der Waals surface area contributed by atoms with E-state index in [1.165, 1.54) is 64.2 Å². The number of aliphatic hydroxyl groups is 2. The molecule has 57 heavy (non-hydrogen) atoms. The Labute approximate surface area is 343 Å². The fraction of sp³-hybridized carbons (Fsp3) is 0.551. The number of hydrogen-bond donors (Lipinski definition) is 4. The van der Waals surface area contributed by atoms with E-state index in [0.717, 1.165) is 86.6 Å². The number of hydrogen-bond acceptors (Lipinski definition) is 6. The lowest BCUT2D eigenvalue weighted by molar-refractivity contribution is 0.113. The average Bonchev–Trinajstić information content (AvgIpc) is 3.14. The molecule has 0 fully saturated rings. The summed E-state index contributed by atoms with van der Waals surface area (Å²) in [5.74, 6) is 0. The van der Waals surface area contributed by atoms with Gasteiger partial charge in [0.15, 0.2) is 0 Å². The highest BCUT2D eigenvalue weighted by Gasteiger charge is 2.14. The van der Waals surface area contributed by atoms with Crippen LogP contribution in [0.15, 0.2) is 97.1 Å². The van der Waals surface area contributed by atoms with Gasteiger partial charge in [-0.15, -0.1) is 0 Å². The van der Waals surface area contributed by atoms with E-state index in [9.17, 15) is 9.59 Å². The minimum Gasteiger partial charge on any atom is -0.442 e. The van der Waals surface area contributed by atoms with Crippen LogP contribution >= 0.6 is 0 Å². The molecule has 0 saturated heterocycles. The smallest absolute Gasteiger partial charge is 0.412 e. The molecule has 2 aromatic carbocycles. The maximum atomic E-state index is 11.9. The standard InChI is InChI=1S/C17H23NO2.C16H21NO2.2C8H14O/c1-13-10-14(2)12-15(11-13)18-17(19)20-16-8-6-4-3-5-7-9-16;18-16(17-13-14-9-5-4-6-10-14)19-15-11-7-2-1-3-8-12-15;2*9-8-6-4-2-1-3-5-7-8/h6,8,10-12,16H,3-5,7,9H2,1-2H3,(H,18,19);4-7,9-11,15H,1-3,8,12-13H2,(H,17,18);2*4,6,8-9H,1-3,5,7H2/b8-6+;11-7+;6-4+;6-4-. The predicted molar refractivity (Wildman–Crippen MR) is 234 cm³/mol. The maximum absolute atomic E-state index is 11.9. The normalized spacial score (nSPS) is 24.6. The summed E-state index contributed by atoms with van der Waals surface area (Å²) in [5, 5.41) is 23.9. The third kappa shape index (κ3) is 24.3. The van der Waals surface area contributed by atoms with Crippen molar-refractivity contribution in [3.63, 3.8) is 0 Å². The highest BCUT2D eigenvalue weighted by molar-refractivity contribution is 5.85. The van der Waals surface area contributed by atoms with E-state index >= 15 is 0 Å². The number of nitrogens with one attached hydrogen (secondary N) is 2. The van der Waals surface area contributed by atoms with Crippen LogP contribution in [0.4, 0.5) is 15.3 Å². The molecule has 0 heterocycles. The molecule has 8 heteroatoms. The Kier molecular flexibility index (Phi) is 24.9. The highest BCUT2D eigenvalue weighted by atomic mass is 16.6. The maximum Gasteiger partial charge on any atom is 0.412 e. The van der Waals surface area contributed by atoms with Crippen LogP contribution in [0.2, 0.25) is 0 Å². The largest absolute Gasteiger partial charge is 0.442 e. The van der Waals surface area contributed by atoms with Gasteiger partial charge in [0, 0.05) is 12.2 Å². The number of benzene rings is 2. The van der Waals surface area contributed by atoms with Crippen LogP contribution in [0, 0.1) is 13.8 Å². The second-order valence-electron chi connectivity index (χ2n) is 15.6. The summed E-state index contributed by atoms with van der Waals surface area (Å²) in [6.07, 6.45) is 38.0. The predicted octanol–water partition coefficient (Wildman–Crippen LogP) is 12.3. The molecule has 0 bridgehead atoms. The van der Waals surface area contributed by atoms with Gasteiger partial charge in [-0.3, -0.25) is 5.32 Å². The lowest BCUT2D eigenvalue weighted by Crippen LogP contribution is -2.28. The molecule has 0 saturated carbocycles. The molecule has 4 unspecified atom stereocenters. The fourth-order valence-electron chi connectivity index (χ4n) is 7.02. The Balaban J connectivity index is 0.000000217. The number of carbonyl (C=O) groups is 2. The Morgan fingerprint density at radius 2 is 1.00 bits per heavy atom. The van der Waals surface area contributed by atoms with Gasteiger partial charge in [0.05, 0.1) is 12.2 Å². The molecule has 0 aliphatic heterocycles. The van der Waals surface area contributed by atoms with Crippen molar-refractivity contribution < 1.29 is 29.3 Å². The molecule has 4 atom stereocenters. The number of carbonyl (C=O) groups excluding carboxylic acids is 2. The van der Waals surface area contributed by atoms with E-state index in [0.29, 0.717) is 6.54 Å². The van der Waals surface area contributed by atoms with Crippen LogP contribution in [0.25, 0.3) is 0 Å². The van der Waals surface area contributed by atoms with Gasteiger partial charge in [-0.1, -0.05) is 111 Å². The molecule has 6 rings (SSSR count). The SMILES string of the molecule is Cc1cc(C)cc(NC(=O)OC2/C=C/CCCCC2)c1.O=C(NCc1ccccc1)OC1/C=C/CCCCC1.OC1/C=C/CCCCC1.OC1/C=C\CCCCC1. The highest BCUT2D eigenvalue weighted by Crippen LogP contribution is 2.18. The summed E-state index contributed by atoms with van der Waals surface area (Å²) in [6.45, 7) is 4.54. The van der Waals surface area contributed by atoms with Crippen molar-refractivity contribution in [2.75, 3.05) is 5.32 Å². The summed E-state index contributed by atoms with van der Waals surface area (Å²) < 4.78 is 10.9. The minimum atomic E-state index is -0.370. The van der Waals surface area contributed by atoms with Gasteiger partial charge in [-0.2, -0.15) is 0 Å². The Morgan fingerprint density at radius 1 is 0.561 bits per heavy atom. The van der Waals surface area contributed by atoms with Gasteiger partial charge < -0.3 is 25.0 Å². The molecule has 2 aromatic rings. The topological polar surface area (TPSA) is 117 Å². The zero-order valence-corrected chi connectivity index (χ0v) is 34.9. The summed E-state index contributed by atoms with van der Waals surface area (Å²) in [6, 6.07) is 15.8. The van der Waals surface area contributed by atoms with E-state index in [4.69, 9.17) is 19.7 Å². The molecule has 4 N–H and O–H groups in total. The van der Waals surface area contributed by atoms with Crippen molar-refractivity contribution in [1.82, 2.24) is 5.32 Å². The quantitative estimate of drug-likeness (QED) is 0.224. The van der Waals surface area contributed by atoms with Crippen LogP contribution in [0.5, 0.6) is 0 Å². The molecular formula is C49H72N2O6. The first kappa shape index (κ1) is 47.2. The van der Waals surface area contributed by atoms with Gasteiger partial charge >= 0.3 is 12.2 Å². The number of aliphatic hydroxyl groups excluding tert-OH is 2. The Morgan fingerprint density at radius 3 is 1.49 bits per heavy atom. The zero-order valence-electron chi connectivity index (χ0n) is 34.9. The van der Waals surface area contributed by atoms with Crippen molar-refractivity contribution in [3.05, 3.63) is 114 Å². The lowest BCUT2D eigenvalue weighted by atomic mass is 10.0. The van der Waals surface area contributed by atoms with Crippen molar-refractivity contribution in [3.8, 4) is 0 Å². The van der Waals surface area contributed by atoms with Gasteiger partial charge in [0.2, 0.25) is 0 Å². The summed E-state index contributed by atoms with van der Waals surface area (Å²) >= 11 is 0. The number of rotatable bonds is 5. The van der Waals surface area contributed by atoms with Crippen molar-refractivity contribution >= 4 is 17.9 Å². The van der Waals surface area contributed by atoms with Gasteiger partial charge in [0.1, 0.15) is 12.2 Å². The van der Waals surface area contributed by atoms with E-state index < -0.39 is 0 Å². The van der Waals surface area contributed by atoms with E-state index in [1.807, 2.05) is 80.6 Å². The number of aryl methyl sites for hydroxylation is 2. The summed E-state index contributed by atoms with van der Waals surface area (Å²) in [5.41, 5.74) is 4.13. The first-order chi connectivity index (χ1) is 27.8. The number of amides is 2. The van der Waals surface area contributed by atoms with Crippen LogP contribution in [-0.2, 0) is 16.0 Å². The van der Waals surface area contributed by atoms with Gasteiger partial charge in [-0.05, 0) is 145 Å². The molecule has 314 valence electrons. The number of allylic oxidation sites excluding steroid dienone is 4. The van der Waals surface area contributed by atoms with Crippen LogP contribution in [-0.4, -0.2) is 46.8 Å². The molecule has 8 nitrogen and oxygen atoms in total. The Hall–Kier alpha value is -4.14. The third-order valence-corrected chi connectivity index (χ3v) is 10.1. The second kappa shape index (κ2) is 30.0. The molecule has 0 aromatic heterocycles. The Bertz CT molecular complexity index is 1460. The third-order valence-electron chi connectivity index (χ3n) is 10.1. The number of alkyl carbamates (subject to hydrolysis) is 1. The molecule has 2 amide bonds. The van der Waals surface area contributed by atoms with Gasteiger partial charge in [0.25, 0.3) is 0 Å². The molecule has 4 aliphatic carbocycles. The van der Waals surface area contributed by atoms with Crippen molar-refractivity contribution in [2.45, 2.75) is 173 Å². The van der Waals surface area contributed by atoms with Gasteiger partial charge in [-0.25, -0.2) is 9.59 Å². The monoisotopic (exact) mass is 785 g/mol. The average molecular weight is 785 g/mol. The lowest BCUT2D eigenvalue weighted by Gasteiger charge is -2.17. The van der Waals surface area contributed by atoms with Crippen LogP contribution in [0.1, 0.15) is 145 Å². The first-order valence-electron chi connectivity index (χ1n) is 21.8. The fourth-order valence-corrected chi connectivity index (χ4v) is 7.02. The van der Waals surface area contributed by atoms with Crippen LogP contribution in [0.3, 0.4) is 0 Å². The van der Waals surface area contributed by atoms with E-state index in [-0.39, 0.29) is 36.6 Å². The van der Waals surface area contributed by atoms with E-state index in [1.54, 1.807) is 0 Å². The first-order valence-corrected chi connectivity index (χ1v) is 21.8. The van der Waals surface area contributed by atoms with Crippen molar-refractivity contribution in [2.24, 2.45) is 0 Å². The number of ether oxygens (including phenoxy) is 2. The van der Waals surface area contributed by atoms with Crippen molar-refractivity contribution in [1.29, 1.82) is 0 Å². The minimum absolute atomic E-state index is 0.0731.